The van der Waals surface area contributed by atoms with Crippen LogP contribution in [-0.2, 0) is 20.7 Å². The van der Waals surface area contributed by atoms with Crippen LogP contribution in [0.1, 0.15) is 35.7 Å². The molecule has 0 aliphatic carbocycles. The van der Waals surface area contributed by atoms with Crippen LogP contribution < -0.4 is 4.90 Å². The Morgan fingerprint density at radius 1 is 1.36 bits per heavy atom. The third kappa shape index (κ3) is 3.06. The zero-order valence-electron chi connectivity index (χ0n) is 12.3. The molecule has 1 aromatic rings. The van der Waals surface area contributed by atoms with Gasteiger partial charge in [-0.25, -0.2) is 14.5 Å². The van der Waals surface area contributed by atoms with Crippen LogP contribution in [0.3, 0.4) is 0 Å². The summed E-state index contributed by atoms with van der Waals surface area (Å²) in [6.07, 6.45) is 0.892. The fourth-order valence-electron chi connectivity index (χ4n) is 2.16. The van der Waals surface area contributed by atoms with Crippen LogP contribution in [0, 0.1) is 0 Å². The quantitative estimate of drug-likeness (QED) is 0.628. The van der Waals surface area contributed by atoms with Gasteiger partial charge in [-0.2, -0.15) is 0 Å². The largest absolute Gasteiger partial charge is 0.465 e. The number of amides is 2. The van der Waals surface area contributed by atoms with Gasteiger partial charge in [0, 0.05) is 0 Å². The van der Waals surface area contributed by atoms with Crippen LogP contribution in [0.25, 0.3) is 0 Å². The smallest absolute Gasteiger partial charge is 0.421 e. The number of hydrogen-bond donors (Lipinski definition) is 0. The summed E-state index contributed by atoms with van der Waals surface area (Å²) in [6.45, 7) is 2.21. The normalized spacial score (nSPS) is 13.0. The molecule has 2 rings (SSSR count). The Morgan fingerprint density at radius 2 is 2.09 bits per heavy atom. The molecule has 1 heterocycles. The van der Waals surface area contributed by atoms with Crippen molar-refractivity contribution in [1.29, 1.82) is 0 Å². The van der Waals surface area contributed by atoms with E-state index in [2.05, 4.69) is 4.74 Å². The second-order valence-corrected chi connectivity index (χ2v) is 5.23. The average molecular weight is 326 g/mol. The number of esters is 1. The van der Waals surface area contributed by atoms with E-state index in [1.165, 1.54) is 19.2 Å². The molecule has 0 radical (unpaired) electrons. The molecule has 7 heteroatoms. The summed E-state index contributed by atoms with van der Waals surface area (Å²) in [5.41, 5.74) is 0.996. The minimum atomic E-state index is -0.740. The third-order valence-corrected chi connectivity index (χ3v) is 3.62. The molecule has 0 N–H and O–H groups in total. The van der Waals surface area contributed by atoms with E-state index in [9.17, 15) is 14.4 Å². The van der Waals surface area contributed by atoms with Crippen LogP contribution in [0.4, 0.5) is 10.5 Å². The number of halogens is 1. The van der Waals surface area contributed by atoms with Gasteiger partial charge >= 0.3 is 12.1 Å². The number of unbranched alkanes of at least 4 members (excludes halogenated alkanes) is 1. The number of fused-ring (bicyclic) bond motifs is 1. The number of nitrogens with zero attached hydrogens (tertiary/aromatic N) is 1. The first-order valence-electron chi connectivity index (χ1n) is 6.90. The van der Waals surface area contributed by atoms with Crippen LogP contribution in [0.15, 0.2) is 12.1 Å². The zero-order chi connectivity index (χ0) is 16.3. The van der Waals surface area contributed by atoms with Crippen molar-refractivity contribution in [2.45, 2.75) is 26.2 Å². The number of methoxy groups -OCH3 is 1. The lowest BCUT2D eigenvalue weighted by Gasteiger charge is -2.16. The van der Waals surface area contributed by atoms with Crippen molar-refractivity contribution in [3.8, 4) is 0 Å². The highest BCUT2D eigenvalue weighted by atomic mass is 35.5. The minimum absolute atomic E-state index is 0.0411. The molecule has 2 amide bonds. The molecule has 118 valence electrons. The Balaban J connectivity index is 2.32. The van der Waals surface area contributed by atoms with Gasteiger partial charge in [0.15, 0.2) is 0 Å². The Bertz CT molecular complexity index is 629. The van der Waals surface area contributed by atoms with Gasteiger partial charge in [-0.15, -0.1) is 0 Å². The molecule has 0 bridgehead atoms. The number of carbonyl (C=O) groups is 3. The van der Waals surface area contributed by atoms with Gasteiger partial charge in [0.05, 0.1) is 36.4 Å². The average Bonchev–Trinajstić information content (AvgIpc) is 2.80. The number of benzene rings is 1. The Labute approximate surface area is 132 Å². The SMILES string of the molecule is CCCCOC(=O)N1C(=O)Cc2cc(Cl)c(C(=O)OC)cc21. The number of ether oxygens (including phenoxy) is 2. The molecule has 1 aliphatic rings. The lowest BCUT2D eigenvalue weighted by molar-refractivity contribution is -0.117. The summed E-state index contributed by atoms with van der Waals surface area (Å²) < 4.78 is 9.70. The monoisotopic (exact) mass is 325 g/mol. The van der Waals surface area contributed by atoms with E-state index in [0.29, 0.717) is 17.7 Å². The molecular formula is C15H16ClNO5. The molecule has 0 saturated carbocycles. The third-order valence-electron chi connectivity index (χ3n) is 3.31. The lowest BCUT2D eigenvalue weighted by Crippen LogP contribution is -2.34. The molecule has 22 heavy (non-hydrogen) atoms. The van der Waals surface area contributed by atoms with E-state index in [-0.39, 0.29) is 23.6 Å². The standard InChI is InChI=1S/C15H16ClNO5/c1-3-4-5-22-15(20)17-12-8-10(14(19)21-2)11(16)6-9(12)7-13(17)18/h6,8H,3-5,7H2,1-2H3. The van der Waals surface area contributed by atoms with E-state index in [4.69, 9.17) is 16.3 Å². The van der Waals surface area contributed by atoms with Crippen molar-refractivity contribution in [3.05, 3.63) is 28.3 Å². The number of rotatable bonds is 4. The second kappa shape index (κ2) is 6.79. The van der Waals surface area contributed by atoms with Crippen molar-refractivity contribution in [2.75, 3.05) is 18.6 Å². The number of imide groups is 1. The molecule has 1 aromatic carbocycles. The molecule has 0 spiro atoms. The number of anilines is 1. The van der Waals surface area contributed by atoms with Gasteiger partial charge in [0.2, 0.25) is 5.91 Å². The number of hydrogen-bond acceptors (Lipinski definition) is 5. The van der Waals surface area contributed by atoms with E-state index in [1.807, 2.05) is 6.92 Å². The maximum Gasteiger partial charge on any atom is 0.421 e. The highest BCUT2D eigenvalue weighted by molar-refractivity contribution is 6.34. The van der Waals surface area contributed by atoms with Crippen molar-refractivity contribution < 1.29 is 23.9 Å². The van der Waals surface area contributed by atoms with Crippen LogP contribution in [0.2, 0.25) is 5.02 Å². The summed E-state index contributed by atoms with van der Waals surface area (Å²) in [7, 11) is 1.23. The zero-order valence-corrected chi connectivity index (χ0v) is 13.1. The van der Waals surface area contributed by atoms with Crippen molar-refractivity contribution in [2.24, 2.45) is 0 Å². The first-order chi connectivity index (χ1) is 10.5. The van der Waals surface area contributed by atoms with Gasteiger partial charge in [-0.3, -0.25) is 4.79 Å². The van der Waals surface area contributed by atoms with E-state index >= 15 is 0 Å². The maximum absolute atomic E-state index is 12.1. The highest BCUT2D eigenvalue weighted by Crippen LogP contribution is 2.34. The van der Waals surface area contributed by atoms with Crippen LogP contribution in [-0.4, -0.2) is 31.7 Å². The molecule has 0 atom stereocenters. The summed E-state index contributed by atoms with van der Waals surface area (Å²) in [4.78, 5) is 36.7. The van der Waals surface area contributed by atoms with Crippen molar-refractivity contribution >= 4 is 35.3 Å². The van der Waals surface area contributed by atoms with E-state index in [1.54, 1.807) is 0 Å². The second-order valence-electron chi connectivity index (χ2n) is 4.83. The van der Waals surface area contributed by atoms with Crippen molar-refractivity contribution in [3.63, 3.8) is 0 Å². The van der Waals surface area contributed by atoms with E-state index < -0.39 is 18.0 Å². The molecule has 0 saturated heterocycles. The summed E-state index contributed by atoms with van der Waals surface area (Å²) >= 11 is 6.01. The van der Waals surface area contributed by atoms with Gasteiger partial charge in [0.25, 0.3) is 0 Å². The topological polar surface area (TPSA) is 72.9 Å². The predicted molar refractivity (Wildman–Crippen MR) is 80.2 cm³/mol. The maximum atomic E-state index is 12.1. The lowest BCUT2D eigenvalue weighted by atomic mass is 10.1. The summed E-state index contributed by atoms with van der Waals surface area (Å²) in [5, 5.41) is 0.180. The Morgan fingerprint density at radius 3 is 2.73 bits per heavy atom. The summed E-state index contributed by atoms with van der Waals surface area (Å²) in [5.74, 6) is -1.04. The molecule has 0 aromatic heterocycles. The van der Waals surface area contributed by atoms with Crippen LogP contribution in [0.5, 0.6) is 0 Å². The fourth-order valence-corrected chi connectivity index (χ4v) is 2.43. The van der Waals surface area contributed by atoms with Crippen LogP contribution >= 0.6 is 11.6 Å². The Kier molecular flexibility index (Phi) is 5.03. The fraction of sp³-hybridized carbons (Fsp3) is 0.400. The molecule has 6 nitrogen and oxygen atoms in total. The molecule has 1 aliphatic heterocycles. The van der Waals surface area contributed by atoms with Gasteiger partial charge < -0.3 is 9.47 Å². The predicted octanol–water partition coefficient (Wildman–Crippen LogP) is 2.95. The number of carbonyl (C=O) groups excluding carboxylic acids is 3. The highest BCUT2D eigenvalue weighted by Gasteiger charge is 2.35. The molecule has 0 unspecified atom stereocenters. The first kappa shape index (κ1) is 16.3. The first-order valence-corrected chi connectivity index (χ1v) is 7.27. The van der Waals surface area contributed by atoms with Gasteiger partial charge in [-0.1, -0.05) is 24.9 Å². The van der Waals surface area contributed by atoms with E-state index in [0.717, 1.165) is 11.3 Å². The Hall–Kier alpha value is -2.08. The summed E-state index contributed by atoms with van der Waals surface area (Å²) in [6, 6.07) is 2.88. The minimum Gasteiger partial charge on any atom is -0.465 e. The molecule has 0 fully saturated rings. The van der Waals surface area contributed by atoms with Gasteiger partial charge in [-0.05, 0) is 24.1 Å². The van der Waals surface area contributed by atoms with Crippen molar-refractivity contribution in [1.82, 2.24) is 0 Å². The van der Waals surface area contributed by atoms with Gasteiger partial charge in [0.1, 0.15) is 0 Å². The molecular weight excluding hydrogens is 310 g/mol.